The summed E-state index contributed by atoms with van der Waals surface area (Å²) in [5.41, 5.74) is 7.83. The lowest BCUT2D eigenvalue weighted by molar-refractivity contribution is 0.174. The molecule has 0 aliphatic carbocycles. The van der Waals surface area contributed by atoms with E-state index in [1.54, 1.807) is 11.3 Å². The van der Waals surface area contributed by atoms with Crippen LogP contribution in [0.4, 0.5) is 0 Å². The highest BCUT2D eigenvalue weighted by molar-refractivity contribution is 7.09. The first-order valence-corrected chi connectivity index (χ1v) is 7.19. The maximum Gasteiger partial charge on any atom is 0.145 e. The summed E-state index contributed by atoms with van der Waals surface area (Å²) < 4.78 is 0. The molecule has 0 bridgehead atoms. The van der Waals surface area contributed by atoms with Crippen molar-refractivity contribution in [2.45, 2.75) is 13.3 Å². The van der Waals surface area contributed by atoms with Crippen LogP contribution in [0.2, 0.25) is 0 Å². The zero-order chi connectivity index (χ0) is 14.2. The van der Waals surface area contributed by atoms with Crippen molar-refractivity contribution in [2.24, 2.45) is 10.9 Å². The predicted octanol–water partition coefficient (Wildman–Crippen LogP) is 3.00. The molecule has 2 rings (SSSR count). The molecule has 2 N–H and O–H groups in total. The van der Waals surface area contributed by atoms with Crippen molar-refractivity contribution in [3.63, 3.8) is 0 Å². The van der Waals surface area contributed by atoms with E-state index < -0.39 is 0 Å². The van der Waals surface area contributed by atoms with Gasteiger partial charge >= 0.3 is 0 Å². The molecule has 1 heterocycles. The van der Waals surface area contributed by atoms with Gasteiger partial charge in [0.15, 0.2) is 0 Å². The van der Waals surface area contributed by atoms with Crippen LogP contribution in [0.25, 0.3) is 6.08 Å². The number of nitrogens with two attached hydrogens (primary N) is 1. The molecule has 0 aliphatic heterocycles. The van der Waals surface area contributed by atoms with Crippen LogP contribution < -0.4 is 5.73 Å². The van der Waals surface area contributed by atoms with Gasteiger partial charge in [-0.05, 0) is 18.6 Å². The summed E-state index contributed by atoms with van der Waals surface area (Å²) in [6.45, 7) is 2.36. The maximum absolute atomic E-state index is 5.77. The van der Waals surface area contributed by atoms with Crippen molar-refractivity contribution in [1.82, 2.24) is 4.98 Å². The number of benzene rings is 1. The molecule has 4 nitrogen and oxygen atoms in total. The molecule has 0 atom stereocenters. The molecule has 0 saturated heterocycles. The first-order valence-electron chi connectivity index (χ1n) is 6.31. The molecule has 0 fully saturated rings. The summed E-state index contributed by atoms with van der Waals surface area (Å²) in [4.78, 5) is 9.47. The number of hydrogen-bond donors (Lipinski definition) is 1. The van der Waals surface area contributed by atoms with Gasteiger partial charge in [0.05, 0.1) is 17.1 Å². The molecule has 0 unspecified atom stereocenters. The largest absolute Gasteiger partial charge is 0.390 e. The lowest BCUT2D eigenvalue weighted by Crippen LogP contribution is -2.15. The van der Waals surface area contributed by atoms with Gasteiger partial charge in [-0.1, -0.05) is 41.6 Å². The zero-order valence-electron chi connectivity index (χ0n) is 11.3. The van der Waals surface area contributed by atoms with Gasteiger partial charge in [-0.25, -0.2) is 4.98 Å². The molecule has 0 amide bonds. The molecule has 0 saturated carbocycles. The van der Waals surface area contributed by atoms with E-state index >= 15 is 0 Å². The van der Waals surface area contributed by atoms with E-state index in [4.69, 9.17) is 10.6 Å². The molecule has 0 aliphatic rings. The number of rotatable bonds is 6. The molecule has 0 radical (unpaired) electrons. The van der Waals surface area contributed by atoms with Crippen LogP contribution in [0.15, 0.2) is 46.9 Å². The Kier molecular flexibility index (Phi) is 5.32. The Labute approximate surface area is 122 Å². The maximum atomic E-state index is 5.77. The molecular formula is C15H17N3OS. The minimum Gasteiger partial charge on any atom is -0.390 e. The van der Waals surface area contributed by atoms with Gasteiger partial charge in [0, 0.05) is 5.38 Å². The Morgan fingerprint density at radius 1 is 1.40 bits per heavy atom. The second-order valence-electron chi connectivity index (χ2n) is 4.23. The Hall–Kier alpha value is -2.14. The third-order valence-corrected chi connectivity index (χ3v) is 3.31. The van der Waals surface area contributed by atoms with Crippen LogP contribution in [0.5, 0.6) is 0 Å². The Morgan fingerprint density at radius 2 is 2.20 bits per heavy atom. The van der Waals surface area contributed by atoms with E-state index in [2.05, 4.69) is 10.1 Å². The summed E-state index contributed by atoms with van der Waals surface area (Å²) in [5.74, 6) is 0.434. The van der Waals surface area contributed by atoms with Crippen molar-refractivity contribution in [2.75, 3.05) is 6.61 Å². The minimum absolute atomic E-state index is 0.395. The quantitative estimate of drug-likeness (QED) is 0.384. The fourth-order valence-electron chi connectivity index (χ4n) is 1.62. The number of oxime groups is 1. The first kappa shape index (κ1) is 14.3. The molecule has 104 valence electrons. The van der Waals surface area contributed by atoms with Gasteiger partial charge in [-0.2, -0.15) is 0 Å². The lowest BCUT2D eigenvalue weighted by atomic mass is 10.2. The van der Waals surface area contributed by atoms with E-state index in [1.165, 1.54) is 0 Å². The number of amidine groups is 1. The highest BCUT2D eigenvalue weighted by Crippen LogP contribution is 2.08. The standard InChI is InChI=1S/C15H17N3OS/c1-12-17-14(11-20-12)10-15(16)18-19-9-5-8-13-6-3-2-4-7-13/h2-8,11H,9-10H2,1H3,(H2,16,18)/b8-5+. The molecule has 1 aromatic carbocycles. The summed E-state index contributed by atoms with van der Waals surface area (Å²) in [7, 11) is 0. The van der Waals surface area contributed by atoms with Gasteiger partial charge in [0.1, 0.15) is 12.4 Å². The van der Waals surface area contributed by atoms with Crippen LogP contribution in [0.1, 0.15) is 16.3 Å². The summed E-state index contributed by atoms with van der Waals surface area (Å²) in [6, 6.07) is 10.0. The third kappa shape index (κ3) is 4.85. The lowest BCUT2D eigenvalue weighted by Gasteiger charge is -1.98. The number of nitrogens with zero attached hydrogens (tertiary/aromatic N) is 2. The highest BCUT2D eigenvalue weighted by Gasteiger charge is 2.01. The molecule has 1 aromatic heterocycles. The van der Waals surface area contributed by atoms with Crippen molar-refractivity contribution >= 4 is 23.2 Å². The smallest absolute Gasteiger partial charge is 0.145 e. The minimum atomic E-state index is 0.395. The van der Waals surface area contributed by atoms with E-state index in [0.29, 0.717) is 18.9 Å². The monoisotopic (exact) mass is 287 g/mol. The summed E-state index contributed by atoms with van der Waals surface area (Å²) in [6.07, 6.45) is 4.40. The van der Waals surface area contributed by atoms with Crippen molar-refractivity contribution in [1.29, 1.82) is 0 Å². The summed E-state index contributed by atoms with van der Waals surface area (Å²) in [5, 5.41) is 6.87. The Bertz CT molecular complexity index is 590. The number of hydrogen-bond acceptors (Lipinski definition) is 4. The van der Waals surface area contributed by atoms with Crippen LogP contribution in [0.3, 0.4) is 0 Å². The molecule has 5 heteroatoms. The number of aromatic nitrogens is 1. The summed E-state index contributed by atoms with van der Waals surface area (Å²) >= 11 is 1.60. The third-order valence-electron chi connectivity index (χ3n) is 2.49. The zero-order valence-corrected chi connectivity index (χ0v) is 12.1. The van der Waals surface area contributed by atoms with Crippen LogP contribution in [-0.2, 0) is 11.3 Å². The van der Waals surface area contributed by atoms with E-state index in [9.17, 15) is 0 Å². The molecule has 20 heavy (non-hydrogen) atoms. The number of aryl methyl sites for hydroxylation is 1. The Balaban J connectivity index is 1.74. The van der Waals surface area contributed by atoms with E-state index in [0.717, 1.165) is 16.3 Å². The number of thiazole rings is 1. The SMILES string of the molecule is Cc1nc(C/C(N)=N/OC/C=C/c2ccccc2)cs1. The van der Waals surface area contributed by atoms with Gasteiger partial charge in [0.2, 0.25) is 0 Å². The van der Waals surface area contributed by atoms with Gasteiger partial charge in [-0.15, -0.1) is 11.3 Å². The fraction of sp³-hybridized carbons (Fsp3) is 0.200. The van der Waals surface area contributed by atoms with Crippen LogP contribution in [0, 0.1) is 6.92 Å². The second-order valence-corrected chi connectivity index (χ2v) is 5.29. The normalized spacial score (nSPS) is 11.9. The predicted molar refractivity (Wildman–Crippen MR) is 83.6 cm³/mol. The fourth-order valence-corrected chi connectivity index (χ4v) is 2.23. The van der Waals surface area contributed by atoms with E-state index in [-0.39, 0.29) is 0 Å². The second kappa shape index (κ2) is 7.45. The topological polar surface area (TPSA) is 60.5 Å². The average molecular weight is 287 g/mol. The molecule has 0 spiro atoms. The Morgan fingerprint density at radius 3 is 2.90 bits per heavy atom. The highest BCUT2D eigenvalue weighted by atomic mass is 32.1. The average Bonchev–Trinajstić information content (AvgIpc) is 2.85. The van der Waals surface area contributed by atoms with Crippen LogP contribution in [-0.4, -0.2) is 17.4 Å². The molecular weight excluding hydrogens is 270 g/mol. The molecule has 2 aromatic rings. The van der Waals surface area contributed by atoms with E-state index in [1.807, 2.05) is 54.8 Å². The first-order chi connectivity index (χ1) is 9.74. The van der Waals surface area contributed by atoms with Crippen LogP contribution >= 0.6 is 11.3 Å². The van der Waals surface area contributed by atoms with Crippen molar-refractivity contribution in [3.8, 4) is 0 Å². The van der Waals surface area contributed by atoms with Crippen molar-refractivity contribution in [3.05, 3.63) is 58.1 Å². The van der Waals surface area contributed by atoms with Gasteiger partial charge < -0.3 is 10.6 Å². The van der Waals surface area contributed by atoms with Gasteiger partial charge in [-0.3, -0.25) is 0 Å². The van der Waals surface area contributed by atoms with Crippen molar-refractivity contribution < 1.29 is 4.84 Å². The van der Waals surface area contributed by atoms with Gasteiger partial charge in [0.25, 0.3) is 0 Å².